The van der Waals surface area contributed by atoms with E-state index < -0.39 is 0 Å². The van der Waals surface area contributed by atoms with Crippen molar-refractivity contribution in [3.05, 3.63) is 47.8 Å². The number of nitrogen functional groups attached to an aromatic ring is 1. The molecule has 0 aliphatic heterocycles. The lowest BCUT2D eigenvalue weighted by molar-refractivity contribution is 0.226. The van der Waals surface area contributed by atoms with Crippen molar-refractivity contribution in [3.8, 4) is 0 Å². The van der Waals surface area contributed by atoms with Crippen LogP contribution in [0, 0.1) is 12.8 Å². The summed E-state index contributed by atoms with van der Waals surface area (Å²) in [6, 6.07) is 9.08. The van der Waals surface area contributed by atoms with Crippen molar-refractivity contribution in [1.82, 2.24) is 9.78 Å². The Bertz CT molecular complexity index is 540. The number of hydrogen-bond donors (Lipinski definition) is 1. The number of aryl methyl sites for hydroxylation is 1. The molecule has 0 bridgehead atoms. The first kappa shape index (κ1) is 11.3. The second kappa shape index (κ2) is 4.48. The van der Waals surface area contributed by atoms with Gasteiger partial charge in [-0.05, 0) is 31.2 Å². The molecular weight excluding hydrogens is 222 g/mol. The smallest absolute Gasteiger partial charge is 0.0797 e. The number of aromatic nitrogens is 2. The van der Waals surface area contributed by atoms with E-state index in [2.05, 4.69) is 36.3 Å². The fourth-order valence-electron chi connectivity index (χ4n) is 2.76. The highest BCUT2D eigenvalue weighted by Crippen LogP contribution is 2.40. The molecule has 94 valence electrons. The minimum Gasteiger partial charge on any atom is -0.396 e. The summed E-state index contributed by atoms with van der Waals surface area (Å²) in [5.41, 5.74) is 9.20. The highest BCUT2D eigenvalue weighted by molar-refractivity contribution is 5.33. The molecule has 1 aromatic carbocycles. The molecule has 0 amide bonds. The molecule has 1 heterocycles. The Labute approximate surface area is 108 Å². The van der Waals surface area contributed by atoms with Crippen LogP contribution in [0.2, 0.25) is 0 Å². The number of nitrogens with two attached hydrogens (primary N) is 1. The van der Waals surface area contributed by atoms with Crippen molar-refractivity contribution in [1.29, 1.82) is 0 Å². The fraction of sp³-hybridized carbons (Fsp3) is 0.400. The molecule has 1 atom stereocenters. The summed E-state index contributed by atoms with van der Waals surface area (Å²) >= 11 is 0. The van der Waals surface area contributed by atoms with Crippen LogP contribution in [0.4, 0.5) is 5.69 Å². The van der Waals surface area contributed by atoms with Crippen LogP contribution in [-0.2, 0) is 0 Å². The first-order chi connectivity index (χ1) is 8.74. The molecule has 0 saturated heterocycles. The van der Waals surface area contributed by atoms with Crippen LogP contribution in [0.1, 0.15) is 36.4 Å². The monoisotopic (exact) mass is 241 g/mol. The van der Waals surface area contributed by atoms with Gasteiger partial charge < -0.3 is 5.73 Å². The molecule has 0 spiro atoms. The SMILES string of the molecule is Cc1cccc(C(C2CCC2)n2cc(N)cn2)c1. The highest BCUT2D eigenvalue weighted by atomic mass is 15.3. The molecule has 1 aromatic heterocycles. The molecule has 1 saturated carbocycles. The molecule has 2 N–H and O–H groups in total. The Morgan fingerprint density at radius 2 is 2.22 bits per heavy atom. The lowest BCUT2D eigenvalue weighted by atomic mass is 9.77. The second-order valence-corrected chi connectivity index (χ2v) is 5.30. The van der Waals surface area contributed by atoms with Crippen LogP contribution in [0.3, 0.4) is 0 Å². The van der Waals surface area contributed by atoms with Gasteiger partial charge in [0.05, 0.1) is 17.9 Å². The Hall–Kier alpha value is -1.77. The number of nitrogens with zero attached hydrogens (tertiary/aromatic N) is 2. The van der Waals surface area contributed by atoms with Crippen LogP contribution in [0.15, 0.2) is 36.7 Å². The summed E-state index contributed by atoms with van der Waals surface area (Å²) in [7, 11) is 0. The van der Waals surface area contributed by atoms with Crippen molar-refractivity contribution in [2.75, 3.05) is 5.73 Å². The van der Waals surface area contributed by atoms with Crippen molar-refractivity contribution in [3.63, 3.8) is 0 Å². The third kappa shape index (κ3) is 2.01. The van der Waals surface area contributed by atoms with Crippen LogP contribution in [0.5, 0.6) is 0 Å². The quantitative estimate of drug-likeness (QED) is 0.897. The van der Waals surface area contributed by atoms with E-state index in [-0.39, 0.29) is 0 Å². The standard InChI is InChI=1S/C15H19N3/c1-11-4-2-7-13(8-11)15(12-5-3-6-12)18-10-14(16)9-17-18/h2,4,7-10,12,15H,3,5-6,16H2,1H3. The van der Waals surface area contributed by atoms with Crippen molar-refractivity contribution in [2.45, 2.75) is 32.2 Å². The molecule has 3 rings (SSSR count). The Morgan fingerprint density at radius 1 is 1.39 bits per heavy atom. The summed E-state index contributed by atoms with van der Waals surface area (Å²) in [6.45, 7) is 2.14. The summed E-state index contributed by atoms with van der Waals surface area (Å²) in [5, 5.41) is 4.42. The Balaban J connectivity index is 1.99. The van der Waals surface area contributed by atoms with Gasteiger partial charge >= 0.3 is 0 Å². The zero-order valence-electron chi connectivity index (χ0n) is 10.7. The average molecular weight is 241 g/mol. The molecule has 1 aliphatic carbocycles. The molecule has 1 unspecified atom stereocenters. The summed E-state index contributed by atoms with van der Waals surface area (Å²) in [6.07, 6.45) is 7.60. The van der Waals surface area contributed by atoms with Crippen LogP contribution in [-0.4, -0.2) is 9.78 Å². The van der Waals surface area contributed by atoms with E-state index in [4.69, 9.17) is 5.73 Å². The van der Waals surface area contributed by atoms with Gasteiger partial charge in [0, 0.05) is 6.20 Å². The average Bonchev–Trinajstić information content (AvgIpc) is 2.69. The van der Waals surface area contributed by atoms with Gasteiger partial charge in [-0.2, -0.15) is 5.10 Å². The van der Waals surface area contributed by atoms with Gasteiger partial charge in [-0.3, -0.25) is 4.68 Å². The van der Waals surface area contributed by atoms with Gasteiger partial charge in [-0.25, -0.2) is 0 Å². The molecule has 1 fully saturated rings. The van der Waals surface area contributed by atoms with E-state index in [9.17, 15) is 0 Å². The lowest BCUT2D eigenvalue weighted by Crippen LogP contribution is -2.26. The molecule has 2 aromatic rings. The normalized spacial score (nSPS) is 17.4. The predicted molar refractivity (Wildman–Crippen MR) is 73.3 cm³/mol. The second-order valence-electron chi connectivity index (χ2n) is 5.30. The van der Waals surface area contributed by atoms with E-state index in [1.54, 1.807) is 6.20 Å². The number of hydrogen-bond acceptors (Lipinski definition) is 2. The van der Waals surface area contributed by atoms with E-state index in [1.165, 1.54) is 30.4 Å². The highest BCUT2D eigenvalue weighted by Gasteiger charge is 2.30. The lowest BCUT2D eigenvalue weighted by Gasteiger charge is -2.34. The minimum atomic E-state index is 0.343. The number of benzene rings is 1. The molecule has 0 radical (unpaired) electrons. The summed E-state index contributed by atoms with van der Waals surface area (Å²) in [5.74, 6) is 0.700. The first-order valence-corrected chi connectivity index (χ1v) is 6.60. The van der Waals surface area contributed by atoms with Gasteiger partial charge in [-0.15, -0.1) is 0 Å². The zero-order valence-corrected chi connectivity index (χ0v) is 10.7. The third-order valence-electron chi connectivity index (χ3n) is 3.89. The maximum Gasteiger partial charge on any atom is 0.0797 e. The topological polar surface area (TPSA) is 43.8 Å². The third-order valence-corrected chi connectivity index (χ3v) is 3.89. The summed E-state index contributed by atoms with van der Waals surface area (Å²) < 4.78 is 2.04. The van der Waals surface area contributed by atoms with E-state index >= 15 is 0 Å². The van der Waals surface area contributed by atoms with Gasteiger partial charge in [0.25, 0.3) is 0 Å². The molecule has 1 aliphatic rings. The van der Waals surface area contributed by atoms with Crippen LogP contribution >= 0.6 is 0 Å². The maximum absolute atomic E-state index is 5.80. The van der Waals surface area contributed by atoms with Crippen molar-refractivity contribution < 1.29 is 0 Å². The van der Waals surface area contributed by atoms with E-state index in [1.807, 2.05) is 10.9 Å². The van der Waals surface area contributed by atoms with E-state index in [0.29, 0.717) is 12.0 Å². The molecule has 3 heteroatoms. The van der Waals surface area contributed by atoms with Crippen molar-refractivity contribution >= 4 is 5.69 Å². The Kier molecular flexibility index (Phi) is 2.82. The summed E-state index contributed by atoms with van der Waals surface area (Å²) in [4.78, 5) is 0. The van der Waals surface area contributed by atoms with Gasteiger partial charge in [0.2, 0.25) is 0 Å². The van der Waals surface area contributed by atoms with Gasteiger partial charge in [-0.1, -0.05) is 36.2 Å². The van der Waals surface area contributed by atoms with Crippen LogP contribution in [0.25, 0.3) is 0 Å². The molecular formula is C15H19N3. The van der Waals surface area contributed by atoms with E-state index in [0.717, 1.165) is 5.69 Å². The van der Waals surface area contributed by atoms with Crippen LogP contribution < -0.4 is 5.73 Å². The zero-order chi connectivity index (χ0) is 12.5. The molecule has 18 heavy (non-hydrogen) atoms. The number of rotatable bonds is 3. The fourth-order valence-corrected chi connectivity index (χ4v) is 2.76. The minimum absolute atomic E-state index is 0.343. The number of anilines is 1. The first-order valence-electron chi connectivity index (χ1n) is 6.60. The van der Waals surface area contributed by atoms with Gasteiger partial charge in [0.15, 0.2) is 0 Å². The Morgan fingerprint density at radius 3 is 2.78 bits per heavy atom. The maximum atomic E-state index is 5.80. The molecule has 3 nitrogen and oxygen atoms in total. The van der Waals surface area contributed by atoms with Crippen molar-refractivity contribution in [2.24, 2.45) is 5.92 Å². The largest absolute Gasteiger partial charge is 0.396 e. The predicted octanol–water partition coefficient (Wildman–Crippen LogP) is 3.16. The van der Waals surface area contributed by atoms with Gasteiger partial charge in [0.1, 0.15) is 0 Å².